The van der Waals surface area contributed by atoms with Gasteiger partial charge in [-0.1, -0.05) is 49.8 Å². The van der Waals surface area contributed by atoms with Gasteiger partial charge in [-0.2, -0.15) is 0 Å². The van der Waals surface area contributed by atoms with Gasteiger partial charge in [0.05, 0.1) is 0 Å². The van der Waals surface area contributed by atoms with Crippen LogP contribution < -0.4 is 0 Å². The quantitative estimate of drug-likeness (QED) is 0.516. The molecule has 0 aromatic carbocycles. The van der Waals surface area contributed by atoms with Crippen molar-refractivity contribution in [2.75, 3.05) is 0 Å². The van der Waals surface area contributed by atoms with E-state index < -0.39 is 0 Å². The van der Waals surface area contributed by atoms with E-state index in [9.17, 15) is 0 Å². The molecule has 2 atom stereocenters. The first kappa shape index (κ1) is 7.85. The molecule has 0 aliphatic heterocycles. The predicted molar refractivity (Wildman–Crippen MR) is 52.8 cm³/mol. The van der Waals surface area contributed by atoms with Gasteiger partial charge in [0.2, 0.25) is 0 Å². The van der Waals surface area contributed by atoms with Gasteiger partial charge in [-0.25, -0.2) is 0 Å². The zero-order valence-corrected chi connectivity index (χ0v) is 7.83. The molecule has 12 heavy (non-hydrogen) atoms. The number of rotatable bonds is 1. The Hall–Kier alpha value is -0.780. The molecule has 2 aliphatic rings. The highest BCUT2D eigenvalue weighted by molar-refractivity contribution is 5.29. The predicted octanol–water partition coefficient (Wildman–Crippen LogP) is 3.33. The second kappa shape index (κ2) is 2.93. The minimum Gasteiger partial charge on any atom is -0.0776 e. The van der Waals surface area contributed by atoms with Gasteiger partial charge in [0.15, 0.2) is 0 Å². The number of hydrogen-bond acceptors (Lipinski definition) is 0. The van der Waals surface area contributed by atoms with Crippen molar-refractivity contribution < 1.29 is 0 Å². The van der Waals surface area contributed by atoms with Crippen LogP contribution in [0.2, 0.25) is 0 Å². The molecular weight excluding hydrogens is 144 g/mol. The summed E-state index contributed by atoms with van der Waals surface area (Å²) in [5.41, 5.74) is 1.64. The molecule has 0 aromatic rings. The highest BCUT2D eigenvalue weighted by Gasteiger charge is 2.25. The summed E-state index contributed by atoms with van der Waals surface area (Å²) in [7, 11) is 0. The van der Waals surface area contributed by atoms with Crippen LogP contribution in [0.4, 0.5) is 0 Å². The van der Waals surface area contributed by atoms with Crippen LogP contribution in [0.5, 0.6) is 0 Å². The van der Waals surface area contributed by atoms with Crippen molar-refractivity contribution in [1.82, 2.24) is 0 Å². The average Bonchev–Trinajstić information content (AvgIpc) is 2.23. The summed E-state index contributed by atoms with van der Waals surface area (Å²) in [6.45, 7) is 4.58. The molecule has 0 nitrogen and oxygen atoms in total. The molecule has 0 aromatic heterocycles. The molecule has 0 saturated heterocycles. The summed E-state index contributed by atoms with van der Waals surface area (Å²) >= 11 is 0. The van der Waals surface area contributed by atoms with E-state index in [1.807, 2.05) is 0 Å². The standard InChI is InChI=1S/C12H16/c1-9(2)12-8-10-5-3-4-6-11(12)7-10/h3-6,8-11H,7H2,1-2H3. The minimum absolute atomic E-state index is 0.711. The highest BCUT2D eigenvalue weighted by Crippen LogP contribution is 2.37. The first-order valence-corrected chi connectivity index (χ1v) is 4.84. The molecule has 2 rings (SSSR count). The molecular formula is C12H16. The normalized spacial score (nSPS) is 32.4. The lowest BCUT2D eigenvalue weighted by Crippen LogP contribution is -2.01. The maximum absolute atomic E-state index is 2.45. The number of fused-ring (bicyclic) bond motifs is 2. The van der Waals surface area contributed by atoms with Crippen LogP contribution in [0.15, 0.2) is 36.0 Å². The van der Waals surface area contributed by atoms with Gasteiger partial charge in [0, 0.05) is 0 Å². The van der Waals surface area contributed by atoms with Crippen LogP contribution in [0.25, 0.3) is 0 Å². The summed E-state index contributed by atoms with van der Waals surface area (Å²) in [5, 5.41) is 0. The third-order valence-corrected chi connectivity index (χ3v) is 2.84. The molecule has 64 valence electrons. The summed E-state index contributed by atoms with van der Waals surface area (Å²) in [4.78, 5) is 0. The van der Waals surface area contributed by atoms with E-state index >= 15 is 0 Å². The largest absolute Gasteiger partial charge is 0.0776 e. The number of hydrogen-bond donors (Lipinski definition) is 0. The van der Waals surface area contributed by atoms with Crippen LogP contribution in [0.1, 0.15) is 20.3 Å². The summed E-state index contributed by atoms with van der Waals surface area (Å²) in [5.74, 6) is 2.16. The lowest BCUT2D eigenvalue weighted by Gasteiger charge is -2.13. The van der Waals surface area contributed by atoms with Crippen LogP contribution >= 0.6 is 0 Å². The van der Waals surface area contributed by atoms with Crippen molar-refractivity contribution in [1.29, 1.82) is 0 Å². The first-order valence-electron chi connectivity index (χ1n) is 4.84. The molecule has 0 fully saturated rings. The molecule has 0 heteroatoms. The van der Waals surface area contributed by atoms with Crippen molar-refractivity contribution in [2.24, 2.45) is 17.8 Å². The second-order valence-corrected chi connectivity index (χ2v) is 4.10. The zero-order valence-electron chi connectivity index (χ0n) is 7.83. The lowest BCUT2D eigenvalue weighted by molar-refractivity contribution is 0.611. The molecule has 0 spiro atoms. The van der Waals surface area contributed by atoms with Crippen molar-refractivity contribution in [3.63, 3.8) is 0 Å². The van der Waals surface area contributed by atoms with E-state index in [2.05, 4.69) is 44.2 Å². The van der Waals surface area contributed by atoms with Crippen LogP contribution in [0, 0.1) is 17.8 Å². The van der Waals surface area contributed by atoms with Gasteiger partial charge in [-0.15, -0.1) is 0 Å². The van der Waals surface area contributed by atoms with Crippen LogP contribution in [-0.2, 0) is 0 Å². The van der Waals surface area contributed by atoms with Gasteiger partial charge in [-0.05, 0) is 24.2 Å². The first-order chi connectivity index (χ1) is 5.77. The van der Waals surface area contributed by atoms with E-state index in [4.69, 9.17) is 0 Å². The molecule has 2 aliphatic carbocycles. The minimum atomic E-state index is 0.711. The molecule has 0 amide bonds. The van der Waals surface area contributed by atoms with Gasteiger partial charge in [-0.3, -0.25) is 0 Å². The third kappa shape index (κ3) is 1.26. The maximum Gasteiger partial charge on any atom is -0.000881 e. The Morgan fingerprint density at radius 3 is 2.75 bits per heavy atom. The van der Waals surface area contributed by atoms with Crippen LogP contribution in [0.3, 0.4) is 0 Å². The van der Waals surface area contributed by atoms with Crippen molar-refractivity contribution in [3.8, 4) is 0 Å². The fourth-order valence-corrected chi connectivity index (χ4v) is 2.22. The van der Waals surface area contributed by atoms with Crippen molar-refractivity contribution >= 4 is 0 Å². The Labute approximate surface area is 74.7 Å². The van der Waals surface area contributed by atoms with Crippen LogP contribution in [-0.4, -0.2) is 0 Å². The smallest absolute Gasteiger partial charge is 0.000881 e. The Balaban J connectivity index is 2.28. The molecule has 2 bridgehead atoms. The fourth-order valence-electron chi connectivity index (χ4n) is 2.22. The highest BCUT2D eigenvalue weighted by atomic mass is 14.3. The van der Waals surface area contributed by atoms with Crippen molar-refractivity contribution in [3.05, 3.63) is 36.0 Å². The zero-order chi connectivity index (χ0) is 8.55. The maximum atomic E-state index is 2.45. The average molecular weight is 160 g/mol. The summed E-state index contributed by atoms with van der Waals surface area (Å²) in [6.07, 6.45) is 12.8. The van der Waals surface area contributed by atoms with E-state index in [0.29, 0.717) is 5.92 Å². The fraction of sp³-hybridized carbons (Fsp3) is 0.500. The lowest BCUT2D eigenvalue weighted by atomic mass is 9.92. The molecule has 0 N–H and O–H groups in total. The van der Waals surface area contributed by atoms with Gasteiger partial charge in [0.25, 0.3) is 0 Å². The molecule has 0 heterocycles. The Morgan fingerprint density at radius 2 is 2.00 bits per heavy atom. The Morgan fingerprint density at radius 1 is 1.25 bits per heavy atom. The van der Waals surface area contributed by atoms with Crippen molar-refractivity contribution in [2.45, 2.75) is 20.3 Å². The molecule has 0 saturated carbocycles. The Kier molecular flexibility index (Phi) is 1.92. The van der Waals surface area contributed by atoms with E-state index in [-0.39, 0.29) is 0 Å². The van der Waals surface area contributed by atoms with Gasteiger partial charge >= 0.3 is 0 Å². The third-order valence-electron chi connectivity index (χ3n) is 2.84. The monoisotopic (exact) mass is 160 g/mol. The molecule has 0 radical (unpaired) electrons. The summed E-state index contributed by atoms with van der Waals surface area (Å²) in [6, 6.07) is 0. The van der Waals surface area contributed by atoms with E-state index in [0.717, 1.165) is 11.8 Å². The number of allylic oxidation sites excluding steroid dienone is 6. The second-order valence-electron chi connectivity index (χ2n) is 4.10. The van der Waals surface area contributed by atoms with Gasteiger partial charge < -0.3 is 0 Å². The van der Waals surface area contributed by atoms with E-state index in [1.165, 1.54) is 6.42 Å². The van der Waals surface area contributed by atoms with E-state index in [1.54, 1.807) is 5.57 Å². The summed E-state index contributed by atoms with van der Waals surface area (Å²) < 4.78 is 0. The van der Waals surface area contributed by atoms with Gasteiger partial charge in [0.1, 0.15) is 0 Å². The SMILES string of the molecule is CC(C)C1=CC2C=CC=CC1C2. The Bertz CT molecular complexity index is 253. The molecule has 2 unspecified atom stereocenters. The topological polar surface area (TPSA) is 0 Å².